The molecule has 4 fully saturated rings. The highest BCUT2D eigenvalue weighted by molar-refractivity contribution is 6.01. The van der Waals surface area contributed by atoms with Crippen LogP contribution in [-0.2, 0) is 14.3 Å². The Kier molecular flexibility index (Phi) is 4.18. The number of fused-ring (bicyclic) bond motifs is 7. The van der Waals surface area contributed by atoms with E-state index in [-0.39, 0.29) is 36.8 Å². The molecule has 0 aromatic rings. The molecule has 3 saturated carbocycles. The predicted octanol–water partition coefficient (Wildman–Crippen LogP) is 3.24. The number of rotatable bonds is 2. The van der Waals surface area contributed by atoms with Crippen LogP contribution in [0.1, 0.15) is 59.8 Å². The molecule has 0 aromatic carbocycles. The Hall–Kier alpha value is -1.08. The van der Waals surface area contributed by atoms with Gasteiger partial charge in [-0.05, 0) is 64.5 Å². The molecule has 30 heavy (non-hydrogen) atoms. The molecule has 5 aliphatic rings. The normalized spacial score (nSPS) is 53.6. The molecule has 0 radical (unpaired) electrons. The molecule has 5 nitrogen and oxygen atoms in total. The van der Waals surface area contributed by atoms with Gasteiger partial charge in [0.05, 0.1) is 12.2 Å². The van der Waals surface area contributed by atoms with E-state index in [9.17, 15) is 15.0 Å². The lowest BCUT2D eigenvalue weighted by atomic mass is 9.44. The molecule has 6 heteroatoms. The molecule has 0 bridgehead atoms. The molecule has 2 N–H and O–H groups in total. The van der Waals surface area contributed by atoms with Gasteiger partial charge in [-0.15, -0.1) is 0 Å². The van der Waals surface area contributed by atoms with Crippen LogP contribution in [-0.4, -0.2) is 51.9 Å². The third kappa shape index (κ3) is 2.24. The summed E-state index contributed by atoms with van der Waals surface area (Å²) in [6, 6.07) is 0. The van der Waals surface area contributed by atoms with Crippen LogP contribution in [0, 0.1) is 22.7 Å². The summed E-state index contributed by atoms with van der Waals surface area (Å²) in [5.41, 5.74) is -3.32. The molecular formula is C24H33FO5. The lowest BCUT2D eigenvalue weighted by Gasteiger charge is -2.63. The van der Waals surface area contributed by atoms with Gasteiger partial charge in [0.25, 0.3) is 0 Å². The number of allylic oxidation sites excluding steroid dienone is 4. The minimum Gasteiger partial charge on any atom is -0.396 e. The average molecular weight is 421 g/mol. The van der Waals surface area contributed by atoms with Crippen LogP contribution in [0.15, 0.2) is 23.8 Å². The van der Waals surface area contributed by atoms with Crippen molar-refractivity contribution < 1.29 is 28.9 Å². The minimum atomic E-state index is -1.85. The Morgan fingerprint density at radius 1 is 1.23 bits per heavy atom. The largest absolute Gasteiger partial charge is 0.396 e. The third-order valence-electron chi connectivity index (χ3n) is 9.32. The Balaban J connectivity index is 1.61. The number of carbonyl (C=O) groups excluding carboxylic acids is 1. The third-order valence-corrected chi connectivity index (χ3v) is 9.32. The molecule has 1 heterocycles. The smallest absolute Gasteiger partial charge is 0.178 e. The van der Waals surface area contributed by atoms with Gasteiger partial charge in [-0.3, -0.25) is 4.79 Å². The summed E-state index contributed by atoms with van der Waals surface area (Å²) in [4.78, 5) is 11.9. The lowest BCUT2D eigenvalue weighted by Crippen LogP contribution is -2.68. The van der Waals surface area contributed by atoms with Gasteiger partial charge in [-0.2, -0.15) is 0 Å². The maximum absolute atomic E-state index is 17.1. The number of aliphatic hydroxyl groups excluding tert-OH is 2. The van der Waals surface area contributed by atoms with Crippen LogP contribution in [0.4, 0.5) is 4.39 Å². The lowest BCUT2D eigenvalue weighted by molar-refractivity contribution is -0.252. The Morgan fingerprint density at radius 2 is 1.97 bits per heavy atom. The minimum absolute atomic E-state index is 0.0389. The van der Waals surface area contributed by atoms with E-state index in [1.165, 1.54) is 6.08 Å². The van der Waals surface area contributed by atoms with Crippen LogP contribution in [0.2, 0.25) is 0 Å². The van der Waals surface area contributed by atoms with Crippen LogP contribution in [0.3, 0.4) is 0 Å². The van der Waals surface area contributed by atoms with Gasteiger partial charge in [-0.1, -0.05) is 18.6 Å². The van der Waals surface area contributed by atoms with Crippen molar-refractivity contribution in [1.29, 1.82) is 0 Å². The number of hydrogen-bond acceptors (Lipinski definition) is 5. The van der Waals surface area contributed by atoms with Crippen molar-refractivity contribution in [3.63, 3.8) is 0 Å². The summed E-state index contributed by atoms with van der Waals surface area (Å²) in [5.74, 6) is -1.30. The predicted molar refractivity (Wildman–Crippen MR) is 108 cm³/mol. The molecule has 1 saturated heterocycles. The van der Waals surface area contributed by atoms with Gasteiger partial charge in [0.2, 0.25) is 0 Å². The second-order valence-corrected chi connectivity index (χ2v) is 11.0. The SMILES string of the molecule is CC1(C)O[C@@H]2C[C@H]3[C@@H]4CCC5=CC(=O)C=C[C@]5(C)[C@@]4(F)[C@@H](O)C[C@]3(C)[C@]2(CCO)O1. The van der Waals surface area contributed by atoms with Crippen LogP contribution in [0.5, 0.6) is 0 Å². The first-order valence-corrected chi connectivity index (χ1v) is 11.2. The van der Waals surface area contributed by atoms with E-state index in [0.717, 1.165) is 5.57 Å². The van der Waals surface area contributed by atoms with Gasteiger partial charge in [-0.25, -0.2) is 4.39 Å². The monoisotopic (exact) mass is 420 g/mol. The molecule has 166 valence electrons. The molecule has 0 amide bonds. The van der Waals surface area contributed by atoms with Crippen LogP contribution in [0.25, 0.3) is 0 Å². The van der Waals surface area contributed by atoms with Crippen molar-refractivity contribution in [2.24, 2.45) is 22.7 Å². The highest BCUT2D eigenvalue weighted by Crippen LogP contribution is 2.72. The van der Waals surface area contributed by atoms with Crippen LogP contribution >= 0.6 is 0 Å². The summed E-state index contributed by atoms with van der Waals surface area (Å²) in [6.07, 6.45) is 5.78. The topological polar surface area (TPSA) is 76.0 Å². The Labute approximate surface area is 177 Å². The van der Waals surface area contributed by atoms with E-state index < -0.39 is 34.0 Å². The first kappa shape index (κ1) is 20.8. The van der Waals surface area contributed by atoms with Crippen LogP contribution < -0.4 is 0 Å². The molecule has 1 aliphatic heterocycles. The van der Waals surface area contributed by atoms with E-state index in [4.69, 9.17) is 9.47 Å². The standard InChI is InChI=1S/C24H33FO5/c1-20(2)29-19-12-17-16-6-5-14-11-15(27)7-8-21(14,3)24(16,25)18(28)13-22(17,4)23(19,30-20)9-10-26/h7-8,11,16-19,26,28H,5-6,9-10,12-13H2,1-4H3/t16-,17-,18-,19+,21-,22-,23+,24-/m0/s1. The number of carbonyl (C=O) groups is 1. The van der Waals surface area contributed by atoms with Gasteiger partial charge in [0.15, 0.2) is 17.2 Å². The zero-order chi connectivity index (χ0) is 21.7. The van der Waals surface area contributed by atoms with E-state index in [1.54, 1.807) is 12.2 Å². The molecule has 8 atom stereocenters. The van der Waals surface area contributed by atoms with E-state index >= 15 is 4.39 Å². The molecule has 4 aliphatic carbocycles. The van der Waals surface area contributed by atoms with E-state index in [1.807, 2.05) is 20.8 Å². The number of ketones is 1. The Morgan fingerprint density at radius 3 is 2.67 bits per heavy atom. The molecule has 5 rings (SSSR count). The van der Waals surface area contributed by atoms with Crippen molar-refractivity contribution in [1.82, 2.24) is 0 Å². The number of ether oxygens (including phenoxy) is 2. The van der Waals surface area contributed by atoms with Crippen molar-refractivity contribution in [2.75, 3.05) is 6.61 Å². The zero-order valence-electron chi connectivity index (χ0n) is 18.3. The molecular weight excluding hydrogens is 387 g/mol. The second kappa shape index (κ2) is 6.03. The summed E-state index contributed by atoms with van der Waals surface area (Å²) in [6.45, 7) is 7.63. The maximum Gasteiger partial charge on any atom is 0.178 e. The van der Waals surface area contributed by atoms with Crippen molar-refractivity contribution in [3.05, 3.63) is 23.8 Å². The quantitative estimate of drug-likeness (QED) is 0.717. The summed E-state index contributed by atoms with van der Waals surface area (Å²) in [5, 5.41) is 21.3. The summed E-state index contributed by atoms with van der Waals surface area (Å²) >= 11 is 0. The molecule has 0 unspecified atom stereocenters. The van der Waals surface area contributed by atoms with Gasteiger partial charge < -0.3 is 19.7 Å². The summed E-state index contributed by atoms with van der Waals surface area (Å²) in [7, 11) is 0. The number of hydrogen-bond donors (Lipinski definition) is 2. The van der Waals surface area contributed by atoms with E-state index in [0.29, 0.717) is 25.7 Å². The second-order valence-electron chi connectivity index (χ2n) is 11.0. The number of halogens is 1. The highest BCUT2D eigenvalue weighted by Gasteiger charge is 2.77. The fourth-order valence-corrected chi connectivity index (χ4v) is 8.06. The van der Waals surface area contributed by atoms with Gasteiger partial charge in [0, 0.05) is 29.8 Å². The number of alkyl halides is 1. The van der Waals surface area contributed by atoms with Crippen molar-refractivity contribution in [3.8, 4) is 0 Å². The Bertz CT molecular complexity index is 851. The number of aliphatic hydroxyl groups is 2. The first-order valence-electron chi connectivity index (χ1n) is 11.2. The van der Waals surface area contributed by atoms with Gasteiger partial charge >= 0.3 is 0 Å². The molecule has 0 spiro atoms. The molecule has 0 aromatic heterocycles. The summed E-state index contributed by atoms with van der Waals surface area (Å²) < 4.78 is 29.9. The maximum atomic E-state index is 17.1. The highest BCUT2D eigenvalue weighted by atomic mass is 19.1. The van der Waals surface area contributed by atoms with Gasteiger partial charge in [0.1, 0.15) is 5.60 Å². The fourth-order valence-electron chi connectivity index (χ4n) is 8.06. The van der Waals surface area contributed by atoms with Crippen molar-refractivity contribution in [2.45, 2.75) is 89.1 Å². The first-order chi connectivity index (χ1) is 13.9. The van der Waals surface area contributed by atoms with E-state index in [2.05, 4.69) is 6.92 Å². The zero-order valence-corrected chi connectivity index (χ0v) is 18.3. The fraction of sp³-hybridized carbons (Fsp3) is 0.792. The average Bonchev–Trinajstić information content (AvgIpc) is 3.03. The van der Waals surface area contributed by atoms with Crippen molar-refractivity contribution >= 4 is 5.78 Å².